The van der Waals surface area contributed by atoms with E-state index in [4.69, 9.17) is 0 Å². The molecule has 126 valence electrons. The van der Waals surface area contributed by atoms with Gasteiger partial charge < -0.3 is 15.3 Å². The molecule has 1 aromatic carbocycles. The van der Waals surface area contributed by atoms with Crippen LogP contribution < -0.4 is 10.2 Å². The van der Waals surface area contributed by atoms with Gasteiger partial charge in [-0.1, -0.05) is 12.1 Å². The molecule has 2 unspecified atom stereocenters. The maximum Gasteiger partial charge on any atom is 0.105 e. The van der Waals surface area contributed by atoms with E-state index in [9.17, 15) is 5.11 Å². The van der Waals surface area contributed by atoms with E-state index in [1.165, 1.54) is 0 Å². The summed E-state index contributed by atoms with van der Waals surface area (Å²) in [6.07, 6.45) is 2.81. The van der Waals surface area contributed by atoms with Crippen LogP contribution in [0.2, 0.25) is 0 Å². The van der Waals surface area contributed by atoms with Gasteiger partial charge in [0, 0.05) is 49.0 Å². The first-order chi connectivity index (χ1) is 12.1. The van der Waals surface area contributed by atoms with Gasteiger partial charge in [-0.15, -0.1) is 0 Å². The van der Waals surface area contributed by atoms with E-state index in [0.29, 0.717) is 0 Å². The van der Waals surface area contributed by atoms with Crippen LogP contribution in [0.5, 0.6) is 0 Å². The fourth-order valence-electron chi connectivity index (χ4n) is 3.26. The number of benzene rings is 1. The molecule has 2 atom stereocenters. The molecule has 0 radical (unpaired) electrons. The highest BCUT2D eigenvalue weighted by molar-refractivity contribution is 5.69. The van der Waals surface area contributed by atoms with Crippen LogP contribution in [0.15, 0.2) is 60.9 Å². The van der Waals surface area contributed by atoms with Gasteiger partial charge in [-0.3, -0.25) is 9.97 Å². The lowest BCUT2D eigenvalue weighted by atomic mass is 9.86. The minimum atomic E-state index is -0.686. The summed E-state index contributed by atoms with van der Waals surface area (Å²) in [6.45, 7) is 0. The third kappa shape index (κ3) is 2.72. The van der Waals surface area contributed by atoms with Gasteiger partial charge in [-0.05, 0) is 36.4 Å². The molecule has 0 amide bonds. The van der Waals surface area contributed by atoms with Gasteiger partial charge in [0.05, 0.1) is 17.4 Å². The molecule has 0 aliphatic heterocycles. The lowest BCUT2D eigenvalue weighted by Gasteiger charge is -2.32. The Morgan fingerprint density at radius 3 is 2.12 bits per heavy atom. The summed E-state index contributed by atoms with van der Waals surface area (Å²) in [7, 11) is 4.03. The molecule has 4 rings (SSSR count). The van der Waals surface area contributed by atoms with E-state index in [1.807, 2.05) is 50.5 Å². The van der Waals surface area contributed by atoms with Gasteiger partial charge in [0.2, 0.25) is 0 Å². The number of nitrogens with one attached hydrogen (secondary N) is 1. The van der Waals surface area contributed by atoms with Gasteiger partial charge in [0.25, 0.3) is 0 Å². The number of aliphatic hydroxyl groups excluding tert-OH is 1. The molecule has 0 bridgehead atoms. The van der Waals surface area contributed by atoms with Crippen LogP contribution in [0.1, 0.15) is 23.3 Å². The highest BCUT2D eigenvalue weighted by atomic mass is 16.3. The van der Waals surface area contributed by atoms with Crippen LogP contribution in [-0.2, 0) is 0 Å². The third-order valence-electron chi connectivity index (χ3n) is 4.58. The van der Waals surface area contributed by atoms with E-state index in [-0.39, 0.29) is 6.04 Å². The molecule has 0 fully saturated rings. The van der Waals surface area contributed by atoms with Crippen LogP contribution in [0.4, 0.5) is 11.4 Å². The summed E-state index contributed by atoms with van der Waals surface area (Å²) in [5.74, 6) is 0. The maximum absolute atomic E-state index is 10.9. The van der Waals surface area contributed by atoms with Crippen molar-refractivity contribution in [3.8, 4) is 11.4 Å². The number of rotatable bonds is 3. The molecular formula is C20H20N4O. The van der Waals surface area contributed by atoms with Gasteiger partial charge in [-0.2, -0.15) is 0 Å². The van der Waals surface area contributed by atoms with Gasteiger partial charge in [0.15, 0.2) is 0 Å². The highest BCUT2D eigenvalue weighted by Gasteiger charge is 2.33. The van der Waals surface area contributed by atoms with Gasteiger partial charge in [0.1, 0.15) is 6.10 Å². The molecule has 2 N–H and O–H groups in total. The van der Waals surface area contributed by atoms with Crippen molar-refractivity contribution in [2.45, 2.75) is 12.1 Å². The molecule has 1 aliphatic rings. The Hall–Kier alpha value is -2.92. The number of aliphatic hydroxyl groups is 1. The lowest BCUT2D eigenvalue weighted by Crippen LogP contribution is -2.25. The average Bonchev–Trinajstić information content (AvgIpc) is 2.65. The zero-order chi connectivity index (χ0) is 17.4. The smallest absolute Gasteiger partial charge is 0.105 e. The predicted molar refractivity (Wildman–Crippen MR) is 99.6 cm³/mol. The standard InChI is InChI=1S/C20H20N4O/c1-24(2)14-9-7-13(8-10-14)23-19-15-5-3-11-21-17(15)18-16(20(19)25)6-4-12-22-18/h3-12,19-20,23,25H,1-2H3. The van der Waals surface area contributed by atoms with Crippen molar-refractivity contribution in [3.05, 3.63) is 72.1 Å². The maximum atomic E-state index is 10.9. The second kappa shape index (κ2) is 6.18. The largest absolute Gasteiger partial charge is 0.386 e. The highest BCUT2D eigenvalue weighted by Crippen LogP contribution is 2.43. The van der Waals surface area contributed by atoms with Crippen LogP contribution in [0.25, 0.3) is 11.4 Å². The first-order valence-corrected chi connectivity index (χ1v) is 8.27. The number of pyridine rings is 2. The second-order valence-electron chi connectivity index (χ2n) is 6.39. The van der Waals surface area contributed by atoms with Gasteiger partial charge in [-0.25, -0.2) is 0 Å². The zero-order valence-electron chi connectivity index (χ0n) is 14.2. The SMILES string of the molecule is CN(C)c1ccc(NC2c3cccnc3-c3ncccc3C2O)cc1. The monoisotopic (exact) mass is 332 g/mol. The number of aromatic nitrogens is 2. The van der Waals surface area contributed by atoms with Crippen molar-refractivity contribution < 1.29 is 5.11 Å². The Morgan fingerprint density at radius 1 is 0.880 bits per heavy atom. The van der Waals surface area contributed by atoms with E-state index in [2.05, 4.69) is 32.3 Å². The normalized spacial score (nSPS) is 18.2. The molecule has 2 heterocycles. The summed E-state index contributed by atoms with van der Waals surface area (Å²) < 4.78 is 0. The summed E-state index contributed by atoms with van der Waals surface area (Å²) in [5.41, 5.74) is 5.43. The van der Waals surface area contributed by atoms with Crippen molar-refractivity contribution >= 4 is 11.4 Å². The number of hydrogen-bond donors (Lipinski definition) is 2. The molecule has 5 heteroatoms. The first-order valence-electron chi connectivity index (χ1n) is 8.27. The Kier molecular flexibility index (Phi) is 3.86. The zero-order valence-corrected chi connectivity index (χ0v) is 14.2. The van der Waals surface area contributed by atoms with E-state index in [0.717, 1.165) is 33.9 Å². The molecule has 0 saturated carbocycles. The molecule has 1 aliphatic carbocycles. The van der Waals surface area contributed by atoms with Crippen LogP contribution in [0, 0.1) is 0 Å². The van der Waals surface area contributed by atoms with Crippen LogP contribution in [0.3, 0.4) is 0 Å². The van der Waals surface area contributed by atoms with Crippen LogP contribution in [-0.4, -0.2) is 29.2 Å². The predicted octanol–water partition coefficient (Wildman–Crippen LogP) is 3.41. The minimum absolute atomic E-state index is 0.273. The molecule has 0 spiro atoms. The van der Waals surface area contributed by atoms with Crippen molar-refractivity contribution in [3.63, 3.8) is 0 Å². The third-order valence-corrected chi connectivity index (χ3v) is 4.58. The van der Waals surface area contributed by atoms with Crippen molar-refractivity contribution in [1.29, 1.82) is 0 Å². The van der Waals surface area contributed by atoms with E-state index >= 15 is 0 Å². The van der Waals surface area contributed by atoms with E-state index in [1.54, 1.807) is 12.4 Å². The summed E-state index contributed by atoms with van der Waals surface area (Å²) in [5, 5.41) is 14.4. The molecule has 3 aromatic rings. The van der Waals surface area contributed by atoms with Crippen molar-refractivity contribution in [2.24, 2.45) is 0 Å². The minimum Gasteiger partial charge on any atom is -0.386 e. The van der Waals surface area contributed by atoms with Crippen molar-refractivity contribution in [1.82, 2.24) is 9.97 Å². The summed E-state index contributed by atoms with van der Waals surface area (Å²) in [6, 6.07) is 15.5. The number of anilines is 2. The summed E-state index contributed by atoms with van der Waals surface area (Å²) in [4.78, 5) is 11.0. The molecule has 25 heavy (non-hydrogen) atoms. The Morgan fingerprint density at radius 2 is 1.48 bits per heavy atom. The first kappa shape index (κ1) is 15.6. The topological polar surface area (TPSA) is 61.3 Å². The van der Waals surface area contributed by atoms with E-state index < -0.39 is 6.10 Å². The molecule has 0 saturated heterocycles. The fraction of sp³-hybridized carbons (Fsp3) is 0.200. The van der Waals surface area contributed by atoms with Crippen LogP contribution >= 0.6 is 0 Å². The fourth-order valence-corrected chi connectivity index (χ4v) is 3.26. The number of hydrogen-bond acceptors (Lipinski definition) is 5. The van der Waals surface area contributed by atoms with Crippen molar-refractivity contribution in [2.75, 3.05) is 24.3 Å². The quantitative estimate of drug-likeness (QED) is 0.770. The Balaban J connectivity index is 1.72. The summed E-state index contributed by atoms with van der Waals surface area (Å²) >= 11 is 0. The van der Waals surface area contributed by atoms with Gasteiger partial charge >= 0.3 is 0 Å². The Labute approximate surface area is 147 Å². The molecular weight excluding hydrogens is 312 g/mol. The lowest BCUT2D eigenvalue weighted by molar-refractivity contribution is 0.153. The number of fused-ring (bicyclic) bond motifs is 3. The second-order valence-corrected chi connectivity index (χ2v) is 6.39. The molecule has 2 aromatic heterocycles. The Bertz CT molecular complexity index is 892. The average molecular weight is 332 g/mol. The molecule has 5 nitrogen and oxygen atoms in total. The number of nitrogens with zero attached hydrogens (tertiary/aromatic N) is 3.